The molecule has 0 spiro atoms. The number of methoxy groups -OCH3 is 1. The van der Waals surface area contributed by atoms with Gasteiger partial charge in [-0.1, -0.05) is 59.7 Å². The van der Waals surface area contributed by atoms with Crippen LogP contribution >= 0.6 is 0 Å². The molecule has 0 saturated carbocycles. The number of benzene rings is 2. The largest absolute Gasteiger partial charge is 0.507 e. The van der Waals surface area contributed by atoms with Gasteiger partial charge in [-0.3, -0.25) is 9.59 Å². The van der Waals surface area contributed by atoms with Gasteiger partial charge in [-0.2, -0.15) is 0 Å². The average molecular weight is 379 g/mol. The lowest BCUT2D eigenvalue weighted by Crippen LogP contribution is -2.31. The zero-order valence-electron chi connectivity index (χ0n) is 16.4. The fourth-order valence-corrected chi connectivity index (χ4v) is 3.45. The maximum Gasteiger partial charge on any atom is 0.295 e. The normalized spacial score (nSPS) is 18.7. The molecule has 0 radical (unpaired) electrons. The van der Waals surface area contributed by atoms with Crippen LogP contribution in [0, 0.1) is 13.8 Å². The van der Waals surface area contributed by atoms with E-state index in [2.05, 4.69) is 0 Å². The second-order valence-corrected chi connectivity index (χ2v) is 7.12. The van der Waals surface area contributed by atoms with Crippen molar-refractivity contribution in [3.8, 4) is 0 Å². The number of rotatable bonds is 6. The lowest BCUT2D eigenvalue weighted by molar-refractivity contribution is -0.140. The summed E-state index contributed by atoms with van der Waals surface area (Å²) in [5.41, 5.74) is 3.59. The van der Waals surface area contributed by atoms with Crippen molar-refractivity contribution >= 4 is 17.4 Å². The number of ketones is 1. The molecule has 2 aromatic carbocycles. The Morgan fingerprint density at radius 2 is 1.57 bits per heavy atom. The number of hydrogen-bond acceptors (Lipinski definition) is 4. The van der Waals surface area contributed by atoms with E-state index in [-0.39, 0.29) is 11.3 Å². The smallest absolute Gasteiger partial charge is 0.295 e. The number of aryl methyl sites for hydroxylation is 2. The van der Waals surface area contributed by atoms with Gasteiger partial charge in [0.1, 0.15) is 5.76 Å². The highest BCUT2D eigenvalue weighted by Gasteiger charge is 2.45. The first kappa shape index (κ1) is 19.8. The fourth-order valence-electron chi connectivity index (χ4n) is 3.45. The molecular weight excluding hydrogens is 354 g/mol. The number of ether oxygens (including phenoxy) is 1. The number of Topliss-reactive ketones (excluding diaryl/α,β-unsaturated/α-hetero) is 1. The standard InChI is InChI=1S/C23H25NO4/c1-15-5-9-17(10-6-15)20-19(21(25)18-11-7-16(2)8-12-18)22(26)23(27)24(20)13-4-14-28-3/h5-12,20,25H,4,13-14H2,1-3H3/b21-19+/t20-/m1/s1. The molecule has 5 heteroatoms. The predicted octanol–water partition coefficient (Wildman–Crippen LogP) is 3.76. The Hall–Kier alpha value is -2.92. The molecular formula is C23H25NO4. The summed E-state index contributed by atoms with van der Waals surface area (Å²) in [6, 6.07) is 14.3. The Morgan fingerprint density at radius 3 is 2.14 bits per heavy atom. The summed E-state index contributed by atoms with van der Waals surface area (Å²) in [5, 5.41) is 10.9. The Balaban J connectivity index is 2.10. The Labute approximate surface area is 165 Å². The molecule has 0 bridgehead atoms. The molecule has 1 saturated heterocycles. The molecule has 0 unspecified atom stereocenters. The zero-order chi connectivity index (χ0) is 20.3. The monoisotopic (exact) mass is 379 g/mol. The third-order valence-corrected chi connectivity index (χ3v) is 5.01. The van der Waals surface area contributed by atoms with Gasteiger partial charge in [-0.05, 0) is 25.8 Å². The van der Waals surface area contributed by atoms with Gasteiger partial charge in [-0.25, -0.2) is 0 Å². The van der Waals surface area contributed by atoms with E-state index in [0.29, 0.717) is 25.1 Å². The van der Waals surface area contributed by atoms with Crippen molar-refractivity contribution in [3.63, 3.8) is 0 Å². The van der Waals surface area contributed by atoms with E-state index in [1.807, 2.05) is 50.2 Å². The van der Waals surface area contributed by atoms with Gasteiger partial charge in [0.15, 0.2) is 0 Å². The minimum absolute atomic E-state index is 0.134. The van der Waals surface area contributed by atoms with E-state index in [1.54, 1.807) is 19.2 Å². The van der Waals surface area contributed by atoms with Crippen LogP contribution in [0.5, 0.6) is 0 Å². The number of nitrogens with zero attached hydrogens (tertiary/aromatic N) is 1. The topological polar surface area (TPSA) is 66.8 Å². The number of aliphatic hydroxyl groups excluding tert-OH is 1. The molecule has 0 aromatic heterocycles. The molecule has 146 valence electrons. The molecule has 1 fully saturated rings. The van der Waals surface area contributed by atoms with Gasteiger partial charge in [0, 0.05) is 25.8 Å². The second kappa shape index (κ2) is 8.40. The number of likely N-dealkylation sites (tertiary alicyclic amines) is 1. The maximum absolute atomic E-state index is 12.8. The molecule has 1 aliphatic heterocycles. The lowest BCUT2D eigenvalue weighted by Gasteiger charge is -2.25. The second-order valence-electron chi connectivity index (χ2n) is 7.12. The van der Waals surface area contributed by atoms with Crippen molar-refractivity contribution in [2.45, 2.75) is 26.3 Å². The van der Waals surface area contributed by atoms with Crippen molar-refractivity contribution < 1.29 is 19.4 Å². The predicted molar refractivity (Wildman–Crippen MR) is 108 cm³/mol. The molecule has 1 N–H and O–H groups in total. The summed E-state index contributed by atoms with van der Waals surface area (Å²) < 4.78 is 5.09. The zero-order valence-corrected chi connectivity index (χ0v) is 16.4. The third-order valence-electron chi connectivity index (χ3n) is 5.01. The Kier molecular flexibility index (Phi) is 5.95. The number of amides is 1. The fraction of sp³-hybridized carbons (Fsp3) is 0.304. The summed E-state index contributed by atoms with van der Waals surface area (Å²) in [5.74, 6) is -1.38. The van der Waals surface area contributed by atoms with Crippen molar-refractivity contribution in [1.29, 1.82) is 0 Å². The molecule has 2 aromatic rings. The minimum atomic E-state index is -0.652. The van der Waals surface area contributed by atoms with Gasteiger partial charge in [-0.15, -0.1) is 0 Å². The van der Waals surface area contributed by atoms with Gasteiger partial charge < -0.3 is 14.7 Å². The van der Waals surface area contributed by atoms with Gasteiger partial charge in [0.05, 0.1) is 11.6 Å². The summed E-state index contributed by atoms with van der Waals surface area (Å²) in [4.78, 5) is 27.1. The third kappa shape index (κ3) is 3.85. The summed E-state index contributed by atoms with van der Waals surface area (Å²) >= 11 is 0. The van der Waals surface area contributed by atoms with Gasteiger partial charge in [0.2, 0.25) is 0 Å². The molecule has 1 atom stereocenters. The Morgan fingerprint density at radius 1 is 1.00 bits per heavy atom. The van der Waals surface area contributed by atoms with Crippen LogP contribution in [0.2, 0.25) is 0 Å². The first-order valence-electron chi connectivity index (χ1n) is 9.35. The number of carbonyl (C=O) groups is 2. The maximum atomic E-state index is 12.8. The first-order valence-corrected chi connectivity index (χ1v) is 9.35. The van der Waals surface area contributed by atoms with Crippen LogP contribution in [0.15, 0.2) is 54.1 Å². The molecule has 5 nitrogen and oxygen atoms in total. The first-order chi connectivity index (χ1) is 13.4. The highest BCUT2D eigenvalue weighted by atomic mass is 16.5. The highest BCUT2D eigenvalue weighted by molar-refractivity contribution is 6.46. The molecule has 0 aliphatic carbocycles. The Bertz CT molecular complexity index is 897. The van der Waals surface area contributed by atoms with Crippen LogP contribution in [0.3, 0.4) is 0 Å². The summed E-state index contributed by atoms with van der Waals surface area (Å²) in [6.07, 6.45) is 0.608. The number of carbonyl (C=O) groups excluding carboxylic acids is 2. The van der Waals surface area contributed by atoms with Gasteiger partial charge >= 0.3 is 0 Å². The summed E-state index contributed by atoms with van der Waals surface area (Å²) in [7, 11) is 1.60. The van der Waals surface area contributed by atoms with Crippen molar-refractivity contribution in [1.82, 2.24) is 4.90 Å². The number of hydrogen-bond donors (Lipinski definition) is 1. The quantitative estimate of drug-likeness (QED) is 0.359. The summed E-state index contributed by atoms with van der Waals surface area (Å²) in [6.45, 7) is 4.79. The van der Waals surface area contributed by atoms with Crippen LogP contribution in [-0.4, -0.2) is 42.0 Å². The SMILES string of the molecule is COCCCN1C(=O)C(=O)/C(=C(/O)c2ccc(C)cc2)[C@H]1c1ccc(C)cc1. The van der Waals surface area contributed by atoms with Crippen molar-refractivity contribution in [2.24, 2.45) is 0 Å². The van der Waals surface area contributed by atoms with Crippen LogP contribution in [0.25, 0.3) is 5.76 Å². The van der Waals surface area contributed by atoms with E-state index in [9.17, 15) is 14.7 Å². The van der Waals surface area contributed by atoms with Crippen LogP contribution in [0.1, 0.15) is 34.7 Å². The van der Waals surface area contributed by atoms with Gasteiger partial charge in [0.25, 0.3) is 11.7 Å². The van der Waals surface area contributed by atoms with Crippen molar-refractivity contribution in [2.75, 3.05) is 20.3 Å². The van der Waals surface area contributed by atoms with Crippen molar-refractivity contribution in [3.05, 3.63) is 76.4 Å². The molecule has 1 aliphatic rings. The van der Waals surface area contributed by atoms with E-state index in [1.165, 1.54) is 4.90 Å². The van der Waals surface area contributed by atoms with E-state index < -0.39 is 17.7 Å². The van der Waals surface area contributed by atoms with Crippen LogP contribution in [-0.2, 0) is 14.3 Å². The van der Waals surface area contributed by atoms with Crippen LogP contribution < -0.4 is 0 Å². The molecule has 28 heavy (non-hydrogen) atoms. The van der Waals surface area contributed by atoms with E-state index in [0.717, 1.165) is 16.7 Å². The van der Waals surface area contributed by atoms with Crippen LogP contribution in [0.4, 0.5) is 0 Å². The minimum Gasteiger partial charge on any atom is -0.507 e. The average Bonchev–Trinajstić information content (AvgIpc) is 2.94. The highest BCUT2D eigenvalue weighted by Crippen LogP contribution is 2.39. The van der Waals surface area contributed by atoms with E-state index in [4.69, 9.17) is 4.74 Å². The van der Waals surface area contributed by atoms with E-state index >= 15 is 0 Å². The molecule has 1 heterocycles. The lowest BCUT2D eigenvalue weighted by atomic mass is 9.94. The molecule has 3 rings (SSSR count). The molecule has 1 amide bonds. The number of aliphatic hydroxyl groups is 1.